The number of thiophene rings is 1. The van der Waals surface area contributed by atoms with Crippen molar-refractivity contribution < 1.29 is 14.3 Å². The number of carbonyl (C=O) groups is 2. The number of benzene rings is 2. The first kappa shape index (κ1) is 24.3. The first-order chi connectivity index (χ1) is 16.4. The summed E-state index contributed by atoms with van der Waals surface area (Å²) in [6, 6.07) is 14.8. The van der Waals surface area contributed by atoms with Gasteiger partial charge in [0.05, 0.1) is 6.04 Å². The van der Waals surface area contributed by atoms with Gasteiger partial charge in [-0.25, -0.2) is 0 Å². The van der Waals surface area contributed by atoms with Crippen molar-refractivity contribution in [3.8, 4) is 5.75 Å². The minimum Gasteiger partial charge on any atom is -0.491 e. The van der Waals surface area contributed by atoms with E-state index in [-0.39, 0.29) is 24.4 Å². The van der Waals surface area contributed by atoms with Gasteiger partial charge in [0, 0.05) is 28.6 Å². The minimum absolute atomic E-state index is 0.0153. The summed E-state index contributed by atoms with van der Waals surface area (Å²) >= 11 is 7.79. The van der Waals surface area contributed by atoms with Crippen LogP contribution in [-0.2, 0) is 11.2 Å². The van der Waals surface area contributed by atoms with E-state index >= 15 is 0 Å². The third-order valence-electron chi connectivity index (χ3n) is 6.21. The van der Waals surface area contributed by atoms with Gasteiger partial charge in [0.1, 0.15) is 18.9 Å². The van der Waals surface area contributed by atoms with Gasteiger partial charge in [-0.2, -0.15) is 0 Å². The van der Waals surface area contributed by atoms with Gasteiger partial charge in [0.2, 0.25) is 5.91 Å². The third kappa shape index (κ3) is 5.29. The van der Waals surface area contributed by atoms with Crippen LogP contribution in [-0.4, -0.2) is 47.9 Å². The van der Waals surface area contributed by atoms with E-state index < -0.39 is 0 Å². The van der Waals surface area contributed by atoms with Crippen LogP contribution in [0, 0.1) is 13.8 Å². The van der Waals surface area contributed by atoms with Crippen LogP contribution in [0.4, 0.5) is 0 Å². The normalized spacial score (nSPS) is 15.1. The molecule has 2 aromatic carbocycles. The zero-order valence-electron chi connectivity index (χ0n) is 19.7. The predicted molar refractivity (Wildman–Crippen MR) is 137 cm³/mol. The fourth-order valence-electron chi connectivity index (χ4n) is 4.39. The maximum absolute atomic E-state index is 13.5. The van der Waals surface area contributed by atoms with E-state index in [9.17, 15) is 9.59 Å². The topological polar surface area (TPSA) is 49.9 Å². The van der Waals surface area contributed by atoms with Gasteiger partial charge >= 0.3 is 0 Å². The maximum Gasteiger partial charge on any atom is 0.254 e. The number of nitrogens with zero attached hydrogens (tertiary/aromatic N) is 2. The molecule has 0 unspecified atom stereocenters. The molecule has 178 valence electrons. The number of halogens is 1. The van der Waals surface area contributed by atoms with E-state index in [1.165, 1.54) is 10.4 Å². The molecule has 0 radical (unpaired) electrons. The van der Waals surface area contributed by atoms with Crippen LogP contribution in [0.2, 0.25) is 5.02 Å². The molecule has 0 fully saturated rings. The molecule has 1 aliphatic rings. The number of rotatable bonds is 7. The predicted octanol–water partition coefficient (Wildman–Crippen LogP) is 5.69. The van der Waals surface area contributed by atoms with Gasteiger partial charge in [-0.3, -0.25) is 9.59 Å². The molecular weight excluding hydrogens is 468 g/mol. The van der Waals surface area contributed by atoms with Crippen LogP contribution >= 0.6 is 22.9 Å². The fourth-order valence-corrected chi connectivity index (χ4v) is 5.51. The van der Waals surface area contributed by atoms with Crippen molar-refractivity contribution in [2.75, 3.05) is 26.2 Å². The second kappa shape index (κ2) is 10.6. The summed E-state index contributed by atoms with van der Waals surface area (Å²) < 4.78 is 6.21. The summed E-state index contributed by atoms with van der Waals surface area (Å²) in [5, 5.41) is 2.57. The molecule has 7 heteroatoms. The highest BCUT2D eigenvalue weighted by Gasteiger charge is 2.33. The van der Waals surface area contributed by atoms with E-state index in [4.69, 9.17) is 16.3 Å². The Morgan fingerprint density at radius 3 is 2.74 bits per heavy atom. The summed E-state index contributed by atoms with van der Waals surface area (Å²) in [7, 11) is 0. The second-order valence-electron chi connectivity index (χ2n) is 8.56. The molecule has 0 bridgehead atoms. The number of hydrogen-bond donors (Lipinski definition) is 0. The Labute approximate surface area is 209 Å². The van der Waals surface area contributed by atoms with E-state index in [1.807, 2.05) is 30.9 Å². The Kier molecular flexibility index (Phi) is 7.59. The zero-order valence-corrected chi connectivity index (χ0v) is 21.3. The largest absolute Gasteiger partial charge is 0.491 e. The monoisotopic (exact) mass is 496 g/mol. The molecular formula is C27H29ClN2O3S. The van der Waals surface area contributed by atoms with E-state index in [0.29, 0.717) is 30.3 Å². The lowest BCUT2D eigenvalue weighted by Gasteiger charge is -2.37. The SMILES string of the molecule is CCN(CC(=O)N1CCc2sccc2[C@H]1COc1ccc(C)cc1C)C(=O)c1cccc(Cl)c1. The lowest BCUT2D eigenvalue weighted by atomic mass is 10.00. The Morgan fingerprint density at radius 2 is 2.00 bits per heavy atom. The molecule has 2 heterocycles. The summed E-state index contributed by atoms with van der Waals surface area (Å²) in [6.07, 6.45) is 0.813. The molecule has 2 amide bonds. The molecule has 34 heavy (non-hydrogen) atoms. The van der Waals surface area contributed by atoms with Crippen LogP contribution in [0.15, 0.2) is 53.9 Å². The highest BCUT2D eigenvalue weighted by molar-refractivity contribution is 7.10. The standard InChI is InChI=1S/C27H29ClN2O3S/c1-4-29(27(32)20-6-5-7-21(28)15-20)16-26(31)30-12-10-25-22(11-13-34-25)23(30)17-33-24-9-8-18(2)14-19(24)3/h5-9,11,13-15,23H,4,10,12,16-17H2,1-3H3/t23-/m1/s1. The number of ether oxygens (including phenoxy) is 1. The molecule has 1 aromatic heterocycles. The smallest absolute Gasteiger partial charge is 0.254 e. The lowest BCUT2D eigenvalue weighted by Crippen LogP contribution is -2.47. The molecule has 1 aliphatic heterocycles. The van der Waals surface area contributed by atoms with Crippen molar-refractivity contribution in [3.05, 3.63) is 86.1 Å². The Morgan fingerprint density at radius 1 is 1.18 bits per heavy atom. The molecule has 0 aliphatic carbocycles. The summed E-state index contributed by atoms with van der Waals surface area (Å²) in [6.45, 7) is 7.39. The van der Waals surface area contributed by atoms with Crippen LogP contribution in [0.1, 0.15) is 44.9 Å². The van der Waals surface area contributed by atoms with Gasteiger partial charge < -0.3 is 14.5 Å². The van der Waals surface area contributed by atoms with Crippen LogP contribution in [0.3, 0.4) is 0 Å². The molecule has 0 saturated carbocycles. The average Bonchev–Trinajstić information content (AvgIpc) is 3.30. The van der Waals surface area contributed by atoms with Gasteiger partial charge in [-0.05, 0) is 74.0 Å². The molecule has 3 aromatic rings. The minimum atomic E-state index is -0.199. The van der Waals surface area contributed by atoms with Crippen molar-refractivity contribution >= 4 is 34.8 Å². The van der Waals surface area contributed by atoms with E-state index in [1.54, 1.807) is 40.5 Å². The van der Waals surface area contributed by atoms with Crippen LogP contribution < -0.4 is 4.74 Å². The summed E-state index contributed by atoms with van der Waals surface area (Å²) in [4.78, 5) is 31.3. The fraction of sp³-hybridized carbons (Fsp3) is 0.333. The van der Waals surface area contributed by atoms with E-state index in [2.05, 4.69) is 24.4 Å². The Bertz CT molecular complexity index is 1190. The van der Waals surface area contributed by atoms with Gasteiger partial charge in [0.15, 0.2) is 0 Å². The number of likely N-dealkylation sites (N-methyl/N-ethyl adjacent to an activating group) is 1. The van der Waals surface area contributed by atoms with Crippen molar-refractivity contribution in [3.63, 3.8) is 0 Å². The Balaban J connectivity index is 1.52. The number of fused-ring (bicyclic) bond motifs is 1. The van der Waals surface area contributed by atoms with Gasteiger partial charge in [0.25, 0.3) is 5.91 Å². The second-order valence-corrected chi connectivity index (χ2v) is 10.00. The molecule has 0 spiro atoms. The number of carbonyl (C=O) groups excluding carboxylic acids is 2. The molecule has 0 saturated heterocycles. The summed E-state index contributed by atoms with van der Waals surface area (Å²) in [5.74, 6) is 0.546. The number of aryl methyl sites for hydroxylation is 2. The van der Waals surface area contributed by atoms with Crippen LogP contribution in [0.5, 0.6) is 5.75 Å². The average molecular weight is 497 g/mol. The van der Waals surface area contributed by atoms with Crippen molar-refractivity contribution in [2.45, 2.75) is 33.2 Å². The summed E-state index contributed by atoms with van der Waals surface area (Å²) in [5.41, 5.74) is 3.88. The van der Waals surface area contributed by atoms with Gasteiger partial charge in [-0.1, -0.05) is 35.4 Å². The number of hydrogen-bond acceptors (Lipinski definition) is 4. The maximum atomic E-state index is 13.5. The molecule has 4 rings (SSSR count). The molecule has 1 atom stereocenters. The zero-order chi connectivity index (χ0) is 24.2. The number of amides is 2. The Hall–Kier alpha value is -2.83. The molecule has 0 N–H and O–H groups in total. The van der Waals surface area contributed by atoms with Crippen molar-refractivity contribution in [1.82, 2.24) is 9.80 Å². The first-order valence-corrected chi connectivity index (χ1v) is 12.7. The first-order valence-electron chi connectivity index (χ1n) is 11.5. The quantitative estimate of drug-likeness (QED) is 0.422. The van der Waals surface area contributed by atoms with Crippen molar-refractivity contribution in [2.24, 2.45) is 0 Å². The van der Waals surface area contributed by atoms with E-state index in [0.717, 1.165) is 23.3 Å². The molecule has 5 nitrogen and oxygen atoms in total. The van der Waals surface area contributed by atoms with Crippen molar-refractivity contribution in [1.29, 1.82) is 0 Å². The van der Waals surface area contributed by atoms with Crippen LogP contribution in [0.25, 0.3) is 0 Å². The lowest BCUT2D eigenvalue weighted by molar-refractivity contribution is -0.135. The highest BCUT2D eigenvalue weighted by Crippen LogP contribution is 2.34. The highest BCUT2D eigenvalue weighted by atomic mass is 35.5. The third-order valence-corrected chi connectivity index (χ3v) is 7.44. The van der Waals surface area contributed by atoms with Gasteiger partial charge in [-0.15, -0.1) is 11.3 Å².